The maximum Gasteiger partial charge on any atom is 0.271 e. The average molecular weight is 370 g/mol. The van der Waals surface area contributed by atoms with E-state index in [9.17, 15) is 9.59 Å². The van der Waals surface area contributed by atoms with E-state index in [2.05, 4.69) is 15.7 Å². The molecule has 0 aliphatic heterocycles. The molecule has 1 heterocycles. The van der Waals surface area contributed by atoms with Crippen LogP contribution in [0.4, 0.5) is 0 Å². The van der Waals surface area contributed by atoms with E-state index in [0.717, 1.165) is 24.8 Å². The molecule has 1 aromatic heterocycles. The molecular weight excluding hydrogens is 344 g/mol. The zero-order chi connectivity index (χ0) is 19.4. The van der Waals surface area contributed by atoms with E-state index >= 15 is 0 Å². The molecule has 2 aromatic rings. The highest BCUT2D eigenvalue weighted by Gasteiger charge is 2.28. The molecule has 1 saturated carbocycles. The summed E-state index contributed by atoms with van der Waals surface area (Å²) in [4.78, 5) is 25.0. The van der Waals surface area contributed by atoms with E-state index in [0.29, 0.717) is 5.69 Å². The minimum absolute atomic E-state index is 0.0706. The van der Waals surface area contributed by atoms with Crippen molar-refractivity contribution in [3.05, 3.63) is 53.3 Å². The van der Waals surface area contributed by atoms with Crippen LogP contribution in [0.5, 0.6) is 0 Å². The molecule has 1 fully saturated rings. The molecule has 7 nitrogen and oxygen atoms in total. The Morgan fingerprint density at radius 2 is 1.96 bits per heavy atom. The van der Waals surface area contributed by atoms with E-state index in [1.165, 1.54) is 0 Å². The van der Waals surface area contributed by atoms with Crippen LogP contribution in [-0.2, 0) is 4.74 Å². The van der Waals surface area contributed by atoms with E-state index in [4.69, 9.17) is 4.74 Å². The van der Waals surface area contributed by atoms with Crippen molar-refractivity contribution < 1.29 is 14.3 Å². The fourth-order valence-corrected chi connectivity index (χ4v) is 3.52. The largest absolute Gasteiger partial charge is 0.381 e. The number of aromatic nitrogens is 2. The van der Waals surface area contributed by atoms with Crippen LogP contribution in [0.25, 0.3) is 0 Å². The number of hydrogen-bond acceptors (Lipinski definition) is 4. The highest BCUT2D eigenvalue weighted by Crippen LogP contribution is 2.23. The molecule has 0 saturated heterocycles. The minimum Gasteiger partial charge on any atom is -0.381 e. The number of nitrogens with zero attached hydrogens (tertiary/aromatic N) is 2. The molecule has 0 spiro atoms. The molecule has 1 aromatic carbocycles. The second-order valence-electron chi connectivity index (χ2n) is 6.87. The SMILES string of the molecule is CNC(=O)c1cc(C(=O)N[C@H]2CC[C@H](OC)C2)n([C@@H](C)c2ccccc2)n1. The number of amides is 2. The van der Waals surface area contributed by atoms with E-state index < -0.39 is 0 Å². The second-order valence-corrected chi connectivity index (χ2v) is 6.87. The molecular formula is C20H26N4O3. The smallest absolute Gasteiger partial charge is 0.271 e. The number of carbonyl (C=O) groups is 2. The molecule has 0 unspecified atom stereocenters. The van der Waals surface area contributed by atoms with Gasteiger partial charge in [-0.25, -0.2) is 0 Å². The van der Waals surface area contributed by atoms with Gasteiger partial charge < -0.3 is 15.4 Å². The fourth-order valence-electron chi connectivity index (χ4n) is 3.52. The van der Waals surface area contributed by atoms with Gasteiger partial charge in [0.2, 0.25) is 0 Å². The standard InChI is InChI=1S/C20H26N4O3/c1-13(14-7-5-4-6-8-14)24-18(12-17(23-24)19(25)21-2)20(26)22-15-9-10-16(11-15)27-3/h4-8,12-13,15-16H,9-11H2,1-3H3,(H,21,25)(H,22,26)/t13-,15-,16-/m0/s1. The van der Waals surface area contributed by atoms with Crippen LogP contribution >= 0.6 is 0 Å². The van der Waals surface area contributed by atoms with Gasteiger partial charge in [-0.15, -0.1) is 0 Å². The van der Waals surface area contributed by atoms with Gasteiger partial charge in [-0.1, -0.05) is 30.3 Å². The summed E-state index contributed by atoms with van der Waals surface area (Å²) in [5.41, 5.74) is 1.62. The number of rotatable bonds is 6. The normalized spacial score (nSPS) is 20.3. The van der Waals surface area contributed by atoms with Gasteiger partial charge in [0, 0.05) is 26.3 Å². The van der Waals surface area contributed by atoms with Crippen LogP contribution in [0, 0.1) is 0 Å². The first kappa shape index (κ1) is 19.1. The summed E-state index contributed by atoms with van der Waals surface area (Å²) in [6, 6.07) is 11.2. The highest BCUT2D eigenvalue weighted by molar-refractivity contribution is 5.98. The summed E-state index contributed by atoms with van der Waals surface area (Å²) in [6.45, 7) is 1.96. The third-order valence-electron chi connectivity index (χ3n) is 5.13. The lowest BCUT2D eigenvalue weighted by molar-refractivity contribution is 0.0902. The fraction of sp³-hybridized carbons (Fsp3) is 0.450. The third-order valence-corrected chi connectivity index (χ3v) is 5.13. The van der Waals surface area contributed by atoms with Crippen molar-refractivity contribution in [3.8, 4) is 0 Å². The topological polar surface area (TPSA) is 85.3 Å². The Kier molecular flexibility index (Phi) is 5.91. The van der Waals surface area contributed by atoms with Crippen LogP contribution in [0.2, 0.25) is 0 Å². The Bertz CT molecular complexity index is 803. The average Bonchev–Trinajstić information content (AvgIpc) is 3.34. The summed E-state index contributed by atoms with van der Waals surface area (Å²) in [5.74, 6) is -0.537. The molecule has 1 aliphatic rings. The Hall–Kier alpha value is -2.67. The maximum atomic E-state index is 12.9. The van der Waals surface area contributed by atoms with Crippen molar-refractivity contribution in [2.45, 2.75) is 44.4 Å². The van der Waals surface area contributed by atoms with Gasteiger partial charge >= 0.3 is 0 Å². The zero-order valence-electron chi connectivity index (χ0n) is 15.9. The first-order chi connectivity index (χ1) is 13.0. The molecule has 0 radical (unpaired) electrons. The van der Waals surface area contributed by atoms with Crippen molar-refractivity contribution in [1.29, 1.82) is 0 Å². The van der Waals surface area contributed by atoms with E-state index in [1.807, 2.05) is 37.3 Å². The van der Waals surface area contributed by atoms with Crippen LogP contribution in [-0.4, -0.2) is 47.9 Å². The van der Waals surface area contributed by atoms with Crippen molar-refractivity contribution >= 4 is 11.8 Å². The number of benzene rings is 1. The zero-order valence-corrected chi connectivity index (χ0v) is 15.9. The van der Waals surface area contributed by atoms with Gasteiger partial charge in [-0.2, -0.15) is 5.10 Å². The van der Waals surface area contributed by atoms with Gasteiger partial charge in [0.25, 0.3) is 11.8 Å². The lowest BCUT2D eigenvalue weighted by atomic mass is 10.1. The molecule has 144 valence electrons. The van der Waals surface area contributed by atoms with Gasteiger partial charge in [0.05, 0.1) is 12.1 Å². The Morgan fingerprint density at radius 1 is 1.22 bits per heavy atom. The van der Waals surface area contributed by atoms with Crippen molar-refractivity contribution in [2.75, 3.05) is 14.2 Å². The quantitative estimate of drug-likeness (QED) is 0.816. The number of carbonyl (C=O) groups excluding carboxylic acids is 2. The number of methoxy groups -OCH3 is 1. The van der Waals surface area contributed by atoms with E-state index in [1.54, 1.807) is 24.9 Å². The first-order valence-electron chi connectivity index (χ1n) is 9.23. The first-order valence-corrected chi connectivity index (χ1v) is 9.23. The highest BCUT2D eigenvalue weighted by atomic mass is 16.5. The Morgan fingerprint density at radius 3 is 2.59 bits per heavy atom. The Balaban J connectivity index is 1.87. The molecule has 2 amide bonds. The summed E-state index contributed by atoms with van der Waals surface area (Å²) < 4.78 is 7.00. The van der Waals surface area contributed by atoms with Gasteiger partial charge in [0.15, 0.2) is 5.69 Å². The lowest BCUT2D eigenvalue weighted by Crippen LogP contribution is -2.35. The molecule has 2 N–H and O–H groups in total. The lowest BCUT2D eigenvalue weighted by Gasteiger charge is -2.18. The molecule has 27 heavy (non-hydrogen) atoms. The van der Waals surface area contributed by atoms with Gasteiger partial charge in [-0.05, 0) is 31.7 Å². The molecule has 0 bridgehead atoms. The van der Waals surface area contributed by atoms with E-state index in [-0.39, 0.29) is 35.7 Å². The van der Waals surface area contributed by atoms with Crippen molar-refractivity contribution in [1.82, 2.24) is 20.4 Å². The van der Waals surface area contributed by atoms with Crippen LogP contribution < -0.4 is 10.6 Å². The molecule has 1 aliphatic carbocycles. The second kappa shape index (κ2) is 8.35. The molecule has 3 rings (SSSR count). The predicted molar refractivity (Wildman–Crippen MR) is 102 cm³/mol. The monoisotopic (exact) mass is 370 g/mol. The van der Waals surface area contributed by atoms with Crippen molar-refractivity contribution in [3.63, 3.8) is 0 Å². The van der Waals surface area contributed by atoms with Gasteiger partial charge in [-0.3, -0.25) is 14.3 Å². The van der Waals surface area contributed by atoms with Crippen LogP contribution in [0.3, 0.4) is 0 Å². The summed E-state index contributed by atoms with van der Waals surface area (Å²) in [5, 5.41) is 10.0. The van der Waals surface area contributed by atoms with Crippen molar-refractivity contribution in [2.24, 2.45) is 0 Å². The van der Waals surface area contributed by atoms with Crippen LogP contribution in [0.15, 0.2) is 36.4 Å². The maximum absolute atomic E-state index is 12.9. The number of ether oxygens (including phenoxy) is 1. The number of hydrogen-bond donors (Lipinski definition) is 2. The summed E-state index contributed by atoms with van der Waals surface area (Å²) in [6.07, 6.45) is 2.80. The summed E-state index contributed by atoms with van der Waals surface area (Å²) >= 11 is 0. The van der Waals surface area contributed by atoms with Gasteiger partial charge in [0.1, 0.15) is 5.69 Å². The number of nitrogens with one attached hydrogen (secondary N) is 2. The van der Waals surface area contributed by atoms with Crippen LogP contribution in [0.1, 0.15) is 58.8 Å². The summed E-state index contributed by atoms with van der Waals surface area (Å²) in [7, 11) is 3.24. The molecule has 3 atom stereocenters. The Labute approximate surface area is 159 Å². The predicted octanol–water partition coefficient (Wildman–Crippen LogP) is 2.15. The molecule has 7 heteroatoms. The third kappa shape index (κ3) is 4.19. The minimum atomic E-state index is -0.316.